The van der Waals surface area contributed by atoms with E-state index in [1.54, 1.807) is 0 Å². The monoisotopic (exact) mass is 281 g/mol. The Hall–Kier alpha value is -1.14. The number of rotatable bonds is 5. The van der Waals surface area contributed by atoms with E-state index in [0.717, 1.165) is 25.8 Å². The molecule has 1 fully saturated rings. The first-order valence-electron chi connectivity index (χ1n) is 6.55. The van der Waals surface area contributed by atoms with Gasteiger partial charge in [-0.05, 0) is 32.1 Å². The molecule has 0 saturated heterocycles. The van der Waals surface area contributed by atoms with Crippen LogP contribution in [0.1, 0.15) is 36.5 Å². The van der Waals surface area contributed by atoms with Gasteiger partial charge in [-0.2, -0.15) is 0 Å². The lowest BCUT2D eigenvalue weighted by Crippen LogP contribution is -2.38. The molecule has 2 atom stereocenters. The summed E-state index contributed by atoms with van der Waals surface area (Å²) >= 11 is 1.44. The first-order valence-corrected chi connectivity index (χ1v) is 7.77. The molecule has 1 aromatic heterocycles. The van der Waals surface area contributed by atoms with Gasteiger partial charge >= 0.3 is 5.97 Å². The minimum Gasteiger partial charge on any atom is -0.457 e. The third kappa shape index (κ3) is 3.67. The van der Waals surface area contributed by atoms with Gasteiger partial charge in [-0.1, -0.05) is 18.7 Å². The van der Waals surface area contributed by atoms with Crippen molar-refractivity contribution in [3.8, 4) is 0 Å². The van der Waals surface area contributed by atoms with Crippen LogP contribution in [0.4, 0.5) is 0 Å². The maximum absolute atomic E-state index is 12.0. The zero-order valence-corrected chi connectivity index (χ0v) is 12.1. The average molecular weight is 281 g/mol. The first-order chi connectivity index (χ1) is 9.24. The fraction of sp³-hybridized carbons (Fsp3) is 0.615. The molecular formula is C13H19N3O2S. The van der Waals surface area contributed by atoms with Gasteiger partial charge in [0.2, 0.25) is 0 Å². The molecule has 0 amide bonds. The van der Waals surface area contributed by atoms with Crippen molar-refractivity contribution in [3.63, 3.8) is 0 Å². The fourth-order valence-electron chi connectivity index (χ4n) is 2.30. The molecule has 1 N–H and O–H groups in total. The number of hydrogen-bond donors (Lipinski definition) is 1. The zero-order valence-electron chi connectivity index (χ0n) is 11.3. The smallest absolute Gasteiger partial charge is 0.341 e. The topological polar surface area (TPSA) is 64.1 Å². The second-order valence-electron chi connectivity index (χ2n) is 4.50. The van der Waals surface area contributed by atoms with Gasteiger partial charge in [0.1, 0.15) is 6.10 Å². The van der Waals surface area contributed by atoms with Gasteiger partial charge in [0.05, 0.1) is 5.56 Å². The summed E-state index contributed by atoms with van der Waals surface area (Å²) in [5.41, 5.74) is 0.417. The van der Waals surface area contributed by atoms with Crippen molar-refractivity contribution in [2.24, 2.45) is 0 Å². The van der Waals surface area contributed by atoms with Crippen LogP contribution in [0.3, 0.4) is 0 Å². The number of aromatic nitrogens is 2. The Bertz CT molecular complexity index is 424. The molecule has 5 nitrogen and oxygen atoms in total. The third-order valence-corrected chi connectivity index (χ3v) is 3.80. The van der Waals surface area contributed by atoms with E-state index in [1.165, 1.54) is 24.2 Å². The normalized spacial score (nSPS) is 22.4. The van der Waals surface area contributed by atoms with Gasteiger partial charge in [0, 0.05) is 18.4 Å². The van der Waals surface area contributed by atoms with Crippen molar-refractivity contribution in [2.45, 2.75) is 43.5 Å². The van der Waals surface area contributed by atoms with Crippen LogP contribution in [0.15, 0.2) is 17.6 Å². The number of nitrogens with one attached hydrogen (secondary N) is 1. The highest BCUT2D eigenvalue weighted by atomic mass is 32.2. The Balaban J connectivity index is 1.95. The molecule has 0 radical (unpaired) electrons. The van der Waals surface area contributed by atoms with E-state index in [-0.39, 0.29) is 18.1 Å². The van der Waals surface area contributed by atoms with Crippen LogP contribution in [0.25, 0.3) is 0 Å². The molecule has 19 heavy (non-hydrogen) atoms. The molecule has 0 aliphatic heterocycles. The molecule has 0 aromatic carbocycles. The summed E-state index contributed by atoms with van der Waals surface area (Å²) in [6.45, 7) is 2.95. The summed E-state index contributed by atoms with van der Waals surface area (Å²) in [6.07, 6.45) is 8.00. The van der Waals surface area contributed by atoms with Gasteiger partial charge in [0.25, 0.3) is 0 Å². The Morgan fingerprint density at radius 3 is 2.84 bits per heavy atom. The Morgan fingerprint density at radius 2 is 2.21 bits per heavy atom. The quantitative estimate of drug-likeness (QED) is 0.505. The molecule has 0 bridgehead atoms. The average Bonchev–Trinajstić information content (AvgIpc) is 2.86. The van der Waals surface area contributed by atoms with Crippen molar-refractivity contribution in [3.05, 3.63) is 18.0 Å². The number of carbonyl (C=O) groups excluding carboxylic acids is 1. The number of nitrogens with zero attached hydrogens (tertiary/aromatic N) is 2. The van der Waals surface area contributed by atoms with Gasteiger partial charge in [-0.3, -0.25) is 0 Å². The van der Waals surface area contributed by atoms with E-state index in [1.807, 2.05) is 6.26 Å². The van der Waals surface area contributed by atoms with Crippen LogP contribution in [-0.4, -0.2) is 40.9 Å². The van der Waals surface area contributed by atoms with E-state index < -0.39 is 0 Å². The van der Waals surface area contributed by atoms with Crippen molar-refractivity contribution < 1.29 is 9.53 Å². The number of thioether (sulfide) groups is 1. The summed E-state index contributed by atoms with van der Waals surface area (Å²) in [7, 11) is 0. The predicted molar refractivity (Wildman–Crippen MR) is 74.3 cm³/mol. The van der Waals surface area contributed by atoms with Gasteiger partial charge in [-0.25, -0.2) is 14.8 Å². The summed E-state index contributed by atoms with van der Waals surface area (Å²) < 4.78 is 5.55. The summed E-state index contributed by atoms with van der Waals surface area (Å²) in [4.78, 5) is 20.2. The maximum Gasteiger partial charge on any atom is 0.341 e. The standard InChI is InChI=1S/C13H19N3O2S/c1-3-14-10-5-4-6-11(10)18-12(17)9-7-15-13(19-2)16-8-9/h7-8,10-11,14H,3-6H2,1-2H3/t10-,11-/m0/s1. The second-order valence-corrected chi connectivity index (χ2v) is 5.27. The van der Waals surface area contributed by atoms with Crippen molar-refractivity contribution in [1.82, 2.24) is 15.3 Å². The molecule has 6 heteroatoms. The summed E-state index contributed by atoms with van der Waals surface area (Å²) in [6, 6.07) is 0.278. The largest absolute Gasteiger partial charge is 0.457 e. The molecule has 1 aliphatic rings. The van der Waals surface area contributed by atoms with Gasteiger partial charge < -0.3 is 10.1 Å². The number of hydrogen-bond acceptors (Lipinski definition) is 6. The number of ether oxygens (including phenoxy) is 1. The predicted octanol–water partition coefficient (Wildman–Crippen LogP) is 1.89. The molecule has 1 aliphatic carbocycles. The lowest BCUT2D eigenvalue weighted by atomic mass is 10.2. The van der Waals surface area contributed by atoms with Crippen molar-refractivity contribution >= 4 is 17.7 Å². The Labute approximate surface area is 117 Å². The third-order valence-electron chi connectivity index (χ3n) is 3.22. The van der Waals surface area contributed by atoms with E-state index in [0.29, 0.717) is 10.7 Å². The lowest BCUT2D eigenvalue weighted by molar-refractivity contribution is 0.0255. The number of esters is 1. The summed E-state index contributed by atoms with van der Waals surface area (Å²) in [5, 5.41) is 4.01. The molecular weight excluding hydrogens is 262 g/mol. The van der Waals surface area contributed by atoms with E-state index in [2.05, 4.69) is 22.2 Å². The molecule has 0 unspecified atom stereocenters. The van der Waals surface area contributed by atoms with Crippen LogP contribution in [0.2, 0.25) is 0 Å². The van der Waals surface area contributed by atoms with Crippen molar-refractivity contribution in [2.75, 3.05) is 12.8 Å². The minimum atomic E-state index is -0.331. The van der Waals surface area contributed by atoms with E-state index >= 15 is 0 Å². The highest BCUT2D eigenvalue weighted by Gasteiger charge is 2.30. The van der Waals surface area contributed by atoms with Gasteiger partial charge in [-0.15, -0.1) is 0 Å². The van der Waals surface area contributed by atoms with E-state index in [9.17, 15) is 4.79 Å². The highest BCUT2D eigenvalue weighted by Crippen LogP contribution is 2.23. The van der Waals surface area contributed by atoms with E-state index in [4.69, 9.17) is 4.74 Å². The molecule has 1 saturated carbocycles. The minimum absolute atomic E-state index is 0.0346. The van der Waals surface area contributed by atoms with Crippen LogP contribution in [0.5, 0.6) is 0 Å². The molecule has 1 aromatic rings. The molecule has 2 rings (SSSR count). The Morgan fingerprint density at radius 1 is 1.47 bits per heavy atom. The van der Waals surface area contributed by atoms with Crippen molar-refractivity contribution in [1.29, 1.82) is 0 Å². The molecule has 0 spiro atoms. The number of likely N-dealkylation sites (N-methyl/N-ethyl adjacent to an activating group) is 1. The Kier molecular flexibility index (Phi) is 5.15. The molecule has 1 heterocycles. The summed E-state index contributed by atoms with van der Waals surface area (Å²) in [5.74, 6) is -0.331. The first kappa shape index (κ1) is 14.3. The fourth-order valence-corrected chi connectivity index (χ4v) is 2.61. The molecule has 104 valence electrons. The maximum atomic E-state index is 12.0. The highest BCUT2D eigenvalue weighted by molar-refractivity contribution is 7.98. The zero-order chi connectivity index (χ0) is 13.7. The SMILES string of the molecule is CCN[C@H]1CCC[C@@H]1OC(=O)c1cnc(SC)nc1. The van der Waals surface area contributed by atoms with Crippen LogP contribution in [0, 0.1) is 0 Å². The number of carbonyl (C=O) groups is 1. The van der Waals surface area contributed by atoms with Crippen LogP contribution >= 0.6 is 11.8 Å². The second kappa shape index (κ2) is 6.86. The lowest BCUT2D eigenvalue weighted by Gasteiger charge is -2.20. The van der Waals surface area contributed by atoms with Crippen LogP contribution in [-0.2, 0) is 4.74 Å². The van der Waals surface area contributed by atoms with Crippen LogP contribution < -0.4 is 5.32 Å². The van der Waals surface area contributed by atoms with Gasteiger partial charge in [0.15, 0.2) is 5.16 Å².